The molecule has 0 spiro atoms. The summed E-state index contributed by atoms with van der Waals surface area (Å²) in [5.41, 5.74) is -0.466. The summed E-state index contributed by atoms with van der Waals surface area (Å²) in [5.74, 6) is -1.95. The summed E-state index contributed by atoms with van der Waals surface area (Å²) >= 11 is 0. The first-order valence-electron chi connectivity index (χ1n) is 4.75. The molecule has 0 unspecified atom stereocenters. The first-order valence-corrected chi connectivity index (χ1v) is 4.75. The maximum Gasteiger partial charge on any atom is 0.456 e. The van der Waals surface area contributed by atoms with Gasteiger partial charge in [-0.05, 0) is 0 Å². The van der Waals surface area contributed by atoms with Crippen molar-refractivity contribution in [2.75, 3.05) is 14.1 Å². The average molecular weight is 244 g/mol. The second kappa shape index (κ2) is 4.99. The highest BCUT2D eigenvalue weighted by molar-refractivity contribution is 6.47. The van der Waals surface area contributed by atoms with E-state index in [1.54, 1.807) is 18.2 Å². The van der Waals surface area contributed by atoms with Crippen LogP contribution in [0.3, 0.4) is 0 Å². The van der Waals surface area contributed by atoms with Gasteiger partial charge in [0, 0.05) is 19.7 Å². The molecule has 0 radical (unpaired) electrons. The van der Waals surface area contributed by atoms with Gasteiger partial charge in [-0.25, -0.2) is 0 Å². The van der Waals surface area contributed by atoms with Gasteiger partial charge in [-0.2, -0.15) is 18.3 Å². The predicted octanol–water partition coefficient (Wildman–Crippen LogP) is 2.08. The number of hydrogen-bond acceptors (Lipinski definition) is 3. The van der Waals surface area contributed by atoms with E-state index >= 15 is 0 Å². The van der Waals surface area contributed by atoms with Crippen molar-refractivity contribution in [1.82, 2.24) is 5.01 Å². The molecule has 0 aromatic heterocycles. The van der Waals surface area contributed by atoms with Gasteiger partial charge in [0.05, 0.1) is 0 Å². The molecule has 0 N–H and O–H groups in total. The highest BCUT2D eigenvalue weighted by Gasteiger charge is 2.42. The third-order valence-corrected chi connectivity index (χ3v) is 1.82. The second-order valence-corrected chi connectivity index (χ2v) is 3.49. The molecule has 6 heteroatoms. The first-order chi connectivity index (χ1) is 7.82. The van der Waals surface area contributed by atoms with Crippen LogP contribution < -0.4 is 0 Å². The number of ketones is 1. The molecule has 0 atom stereocenters. The van der Waals surface area contributed by atoms with Gasteiger partial charge < -0.3 is 5.01 Å². The Morgan fingerprint density at radius 2 is 1.71 bits per heavy atom. The second-order valence-electron chi connectivity index (χ2n) is 3.49. The Labute approximate surface area is 96.5 Å². The first kappa shape index (κ1) is 13.2. The monoisotopic (exact) mass is 244 g/mol. The van der Waals surface area contributed by atoms with Crippen LogP contribution in [0.2, 0.25) is 0 Å². The van der Waals surface area contributed by atoms with Gasteiger partial charge in [-0.1, -0.05) is 30.3 Å². The minimum atomic E-state index is -4.93. The molecule has 0 saturated heterocycles. The van der Waals surface area contributed by atoms with Crippen molar-refractivity contribution < 1.29 is 18.0 Å². The van der Waals surface area contributed by atoms with E-state index in [2.05, 4.69) is 5.10 Å². The summed E-state index contributed by atoms with van der Waals surface area (Å²) in [5, 5.41) is 4.75. The van der Waals surface area contributed by atoms with Crippen molar-refractivity contribution >= 4 is 11.5 Å². The fourth-order valence-electron chi connectivity index (χ4n) is 1.16. The Kier molecular flexibility index (Phi) is 3.88. The molecule has 0 heterocycles. The molecular weight excluding hydrogens is 233 g/mol. The van der Waals surface area contributed by atoms with Crippen molar-refractivity contribution in [2.45, 2.75) is 6.18 Å². The highest BCUT2D eigenvalue weighted by Crippen LogP contribution is 2.19. The molecule has 0 amide bonds. The van der Waals surface area contributed by atoms with Crippen molar-refractivity contribution in [3.05, 3.63) is 35.9 Å². The molecule has 0 aliphatic carbocycles. The maximum atomic E-state index is 12.4. The van der Waals surface area contributed by atoms with Crippen molar-refractivity contribution in [3.8, 4) is 0 Å². The van der Waals surface area contributed by atoms with Crippen LogP contribution in [0.15, 0.2) is 35.4 Å². The van der Waals surface area contributed by atoms with Crippen LogP contribution in [0.1, 0.15) is 5.56 Å². The van der Waals surface area contributed by atoms with E-state index < -0.39 is 17.7 Å². The van der Waals surface area contributed by atoms with Gasteiger partial charge in [-0.15, -0.1) is 0 Å². The zero-order valence-electron chi connectivity index (χ0n) is 9.32. The molecule has 0 saturated carbocycles. The lowest BCUT2D eigenvalue weighted by molar-refractivity contribution is -0.163. The predicted molar refractivity (Wildman–Crippen MR) is 57.7 cm³/mol. The quantitative estimate of drug-likeness (QED) is 0.602. The van der Waals surface area contributed by atoms with E-state index in [0.29, 0.717) is 0 Å². The number of Topliss-reactive ketones (excluding diaryl/α,β-unsaturated/α-hetero) is 1. The van der Waals surface area contributed by atoms with E-state index in [4.69, 9.17) is 0 Å². The van der Waals surface area contributed by atoms with Gasteiger partial charge in [0.2, 0.25) is 0 Å². The summed E-state index contributed by atoms with van der Waals surface area (Å²) in [6.07, 6.45) is -4.93. The summed E-state index contributed by atoms with van der Waals surface area (Å²) < 4.78 is 37.2. The van der Waals surface area contributed by atoms with E-state index in [-0.39, 0.29) is 5.56 Å². The minimum absolute atomic E-state index is 0.142. The number of benzene rings is 1. The van der Waals surface area contributed by atoms with Crippen LogP contribution in [-0.4, -0.2) is 36.8 Å². The molecule has 1 aromatic carbocycles. The number of halogens is 3. The van der Waals surface area contributed by atoms with E-state index in [1.165, 1.54) is 26.2 Å². The normalized spacial score (nSPS) is 12.4. The Bertz CT molecular complexity index is 424. The molecule has 0 fully saturated rings. The Balaban J connectivity index is 3.20. The van der Waals surface area contributed by atoms with Crippen molar-refractivity contribution in [2.24, 2.45) is 5.10 Å². The number of nitrogens with zero attached hydrogens (tertiary/aromatic N) is 2. The maximum absolute atomic E-state index is 12.4. The minimum Gasteiger partial charge on any atom is -0.302 e. The summed E-state index contributed by atoms with van der Waals surface area (Å²) in [6.45, 7) is 0. The Morgan fingerprint density at radius 3 is 2.12 bits per heavy atom. The van der Waals surface area contributed by atoms with Gasteiger partial charge in [-0.3, -0.25) is 4.79 Å². The van der Waals surface area contributed by atoms with E-state index in [9.17, 15) is 18.0 Å². The molecule has 3 nitrogen and oxygen atoms in total. The van der Waals surface area contributed by atoms with E-state index in [1.807, 2.05) is 0 Å². The van der Waals surface area contributed by atoms with E-state index in [0.717, 1.165) is 5.01 Å². The zero-order valence-corrected chi connectivity index (χ0v) is 9.32. The van der Waals surface area contributed by atoms with Gasteiger partial charge in [0.25, 0.3) is 5.78 Å². The fraction of sp³-hybridized carbons (Fsp3) is 0.273. The number of alkyl halides is 3. The zero-order chi connectivity index (χ0) is 13.1. The number of carbonyl (C=O) groups excluding carboxylic acids is 1. The van der Waals surface area contributed by atoms with Crippen LogP contribution in [0.5, 0.6) is 0 Å². The molecule has 0 aliphatic rings. The lowest BCUT2D eigenvalue weighted by Crippen LogP contribution is -2.32. The SMILES string of the molecule is CN(C)/N=C(\C(=O)C(F)(F)F)c1ccccc1. The molecule has 1 aromatic rings. The van der Waals surface area contributed by atoms with Crippen LogP contribution in [0, 0.1) is 0 Å². The third kappa shape index (κ3) is 3.58. The molecule has 17 heavy (non-hydrogen) atoms. The highest BCUT2D eigenvalue weighted by atomic mass is 19.4. The van der Waals surface area contributed by atoms with Gasteiger partial charge >= 0.3 is 6.18 Å². The number of carbonyl (C=O) groups is 1. The topological polar surface area (TPSA) is 32.7 Å². The lowest BCUT2D eigenvalue weighted by atomic mass is 10.1. The van der Waals surface area contributed by atoms with Gasteiger partial charge in [0.1, 0.15) is 5.71 Å². The van der Waals surface area contributed by atoms with Crippen LogP contribution in [0.25, 0.3) is 0 Å². The molecule has 92 valence electrons. The lowest BCUT2D eigenvalue weighted by Gasteiger charge is -2.11. The largest absolute Gasteiger partial charge is 0.456 e. The Morgan fingerprint density at radius 1 is 1.18 bits per heavy atom. The summed E-state index contributed by atoms with van der Waals surface area (Å²) in [4.78, 5) is 11.2. The van der Waals surface area contributed by atoms with Crippen LogP contribution in [0.4, 0.5) is 13.2 Å². The number of hydrogen-bond donors (Lipinski definition) is 0. The molecular formula is C11H11F3N2O. The summed E-state index contributed by atoms with van der Waals surface area (Å²) in [7, 11) is 2.90. The summed E-state index contributed by atoms with van der Waals surface area (Å²) in [6, 6.07) is 7.56. The van der Waals surface area contributed by atoms with Crippen LogP contribution in [-0.2, 0) is 4.79 Å². The molecule has 1 rings (SSSR count). The molecule has 0 bridgehead atoms. The average Bonchev–Trinajstić information content (AvgIpc) is 2.24. The van der Waals surface area contributed by atoms with Gasteiger partial charge in [0.15, 0.2) is 0 Å². The molecule has 0 aliphatic heterocycles. The third-order valence-electron chi connectivity index (χ3n) is 1.82. The standard InChI is InChI=1S/C11H11F3N2O/c1-16(2)15-9(10(17)11(12,13)14)8-6-4-3-5-7-8/h3-7H,1-2H3/b15-9-. The van der Waals surface area contributed by atoms with Crippen molar-refractivity contribution in [1.29, 1.82) is 0 Å². The Hall–Kier alpha value is -1.85. The fourth-order valence-corrected chi connectivity index (χ4v) is 1.16. The number of rotatable bonds is 3. The van der Waals surface area contributed by atoms with Crippen molar-refractivity contribution in [3.63, 3.8) is 0 Å². The smallest absolute Gasteiger partial charge is 0.302 e. The number of hydrazone groups is 1. The van der Waals surface area contributed by atoms with Crippen LogP contribution >= 0.6 is 0 Å².